The molecule has 0 spiro atoms. The van der Waals surface area contributed by atoms with Gasteiger partial charge in [-0.15, -0.1) is 0 Å². The Hall–Kier alpha value is -0.200. The van der Waals surface area contributed by atoms with Gasteiger partial charge in [0.25, 0.3) is 0 Å². The lowest BCUT2D eigenvalue weighted by Crippen LogP contribution is -2.13. The van der Waals surface area contributed by atoms with Gasteiger partial charge in [-0.3, -0.25) is 0 Å². The van der Waals surface area contributed by atoms with Crippen molar-refractivity contribution in [2.24, 2.45) is 5.73 Å². The summed E-state index contributed by atoms with van der Waals surface area (Å²) in [4.78, 5) is 0. The summed E-state index contributed by atoms with van der Waals surface area (Å²) in [6.45, 7) is 2.70. The van der Waals surface area contributed by atoms with Gasteiger partial charge < -0.3 is 25.1 Å². The summed E-state index contributed by atoms with van der Waals surface area (Å²) in [7, 11) is 0. The molecule has 0 bridgehead atoms. The number of aliphatic hydroxyl groups is 1. The Morgan fingerprint density at radius 1 is 0.833 bits per heavy atom. The predicted molar refractivity (Wildman–Crippen MR) is 43.7 cm³/mol. The molecule has 0 aromatic carbocycles. The zero-order valence-corrected chi connectivity index (χ0v) is 7.20. The van der Waals surface area contributed by atoms with Crippen LogP contribution < -0.4 is 5.73 Å². The summed E-state index contributed by atoms with van der Waals surface area (Å²) in [5.41, 5.74) is 5.08. The molecule has 0 heterocycles. The van der Waals surface area contributed by atoms with Gasteiger partial charge in [-0.2, -0.15) is 0 Å². The zero-order chi connectivity index (χ0) is 9.07. The first-order chi connectivity index (χ1) is 5.91. The second-order valence-electron chi connectivity index (χ2n) is 2.02. The molecule has 5 heteroatoms. The molecule has 0 radical (unpaired) electrons. The maximum atomic E-state index is 8.34. The lowest BCUT2D eigenvalue weighted by molar-refractivity contribution is 0.00866. The third kappa shape index (κ3) is 9.80. The molecule has 0 aliphatic carbocycles. The van der Waals surface area contributed by atoms with E-state index in [9.17, 15) is 0 Å². The van der Waals surface area contributed by atoms with E-state index in [1.165, 1.54) is 0 Å². The molecule has 0 aromatic heterocycles. The van der Waals surface area contributed by atoms with Gasteiger partial charge >= 0.3 is 0 Å². The van der Waals surface area contributed by atoms with E-state index in [0.29, 0.717) is 33.0 Å². The summed E-state index contributed by atoms with van der Waals surface area (Å²) in [6, 6.07) is 0. The molecular weight excluding hydrogens is 162 g/mol. The van der Waals surface area contributed by atoms with Crippen molar-refractivity contribution in [1.29, 1.82) is 0 Å². The smallest absolute Gasteiger partial charge is 0.0941 e. The van der Waals surface area contributed by atoms with Crippen LogP contribution in [0.15, 0.2) is 0 Å². The first kappa shape index (κ1) is 11.8. The van der Waals surface area contributed by atoms with Crippen LogP contribution in [0.3, 0.4) is 0 Å². The highest BCUT2D eigenvalue weighted by atomic mass is 16.5. The van der Waals surface area contributed by atoms with Gasteiger partial charge in [0.1, 0.15) is 0 Å². The average molecular weight is 179 g/mol. The number of aliphatic hydroxyl groups excluding tert-OH is 1. The second kappa shape index (κ2) is 10.8. The lowest BCUT2D eigenvalue weighted by Gasteiger charge is -2.04. The molecular formula is C7H17NO4. The van der Waals surface area contributed by atoms with Crippen LogP contribution in [0, 0.1) is 0 Å². The van der Waals surface area contributed by atoms with Crippen molar-refractivity contribution in [3.05, 3.63) is 0 Å². The first-order valence-corrected chi connectivity index (χ1v) is 3.96. The molecule has 0 atom stereocenters. The van der Waals surface area contributed by atoms with E-state index in [2.05, 4.69) is 0 Å². The van der Waals surface area contributed by atoms with Crippen LogP contribution in [-0.2, 0) is 14.2 Å². The fraction of sp³-hybridized carbons (Fsp3) is 1.00. The van der Waals surface area contributed by atoms with Crippen LogP contribution in [0.5, 0.6) is 0 Å². The summed E-state index contributed by atoms with van der Waals surface area (Å²) >= 11 is 0. The van der Waals surface area contributed by atoms with Crippen molar-refractivity contribution in [2.45, 2.75) is 0 Å². The van der Waals surface area contributed by atoms with E-state index in [1.54, 1.807) is 0 Å². The van der Waals surface area contributed by atoms with E-state index in [0.717, 1.165) is 0 Å². The number of rotatable bonds is 9. The van der Waals surface area contributed by atoms with Crippen molar-refractivity contribution in [3.8, 4) is 0 Å². The molecule has 0 fully saturated rings. The minimum atomic E-state index is 0.0519. The van der Waals surface area contributed by atoms with Gasteiger partial charge in [0, 0.05) is 0 Å². The normalized spacial score (nSPS) is 10.5. The fourth-order valence-electron chi connectivity index (χ4n) is 0.588. The largest absolute Gasteiger partial charge is 0.394 e. The Labute approximate surface area is 72.4 Å². The molecule has 0 unspecified atom stereocenters. The van der Waals surface area contributed by atoms with Crippen LogP contribution >= 0.6 is 0 Å². The second-order valence-corrected chi connectivity index (χ2v) is 2.02. The summed E-state index contributed by atoms with van der Waals surface area (Å²) in [6.07, 6.45) is 0. The van der Waals surface area contributed by atoms with Crippen molar-refractivity contribution >= 4 is 0 Å². The minimum Gasteiger partial charge on any atom is -0.394 e. The number of ether oxygens (including phenoxy) is 3. The Bertz CT molecular complexity index is 71.8. The van der Waals surface area contributed by atoms with Gasteiger partial charge in [-0.25, -0.2) is 0 Å². The van der Waals surface area contributed by atoms with E-state index in [1.807, 2.05) is 0 Å². The minimum absolute atomic E-state index is 0.0519. The number of hydrogen-bond donors (Lipinski definition) is 2. The van der Waals surface area contributed by atoms with E-state index in [-0.39, 0.29) is 13.3 Å². The highest BCUT2D eigenvalue weighted by Crippen LogP contribution is 1.79. The third-order valence-electron chi connectivity index (χ3n) is 1.10. The van der Waals surface area contributed by atoms with Crippen molar-refractivity contribution < 1.29 is 19.3 Å². The predicted octanol–water partition coefficient (Wildman–Crippen LogP) is -1.06. The van der Waals surface area contributed by atoms with E-state index < -0.39 is 0 Å². The highest BCUT2D eigenvalue weighted by molar-refractivity contribution is 4.31. The van der Waals surface area contributed by atoms with Crippen LogP contribution in [0.2, 0.25) is 0 Å². The maximum absolute atomic E-state index is 8.34. The average Bonchev–Trinajstić information content (AvgIpc) is 2.10. The van der Waals surface area contributed by atoms with E-state index >= 15 is 0 Å². The lowest BCUT2D eigenvalue weighted by atomic mass is 10.7. The maximum Gasteiger partial charge on any atom is 0.0941 e. The number of hydrogen-bond acceptors (Lipinski definition) is 5. The molecule has 12 heavy (non-hydrogen) atoms. The van der Waals surface area contributed by atoms with Crippen molar-refractivity contribution in [1.82, 2.24) is 0 Å². The number of nitrogens with two attached hydrogens (primary N) is 1. The Morgan fingerprint density at radius 2 is 1.33 bits per heavy atom. The highest BCUT2D eigenvalue weighted by Gasteiger charge is 1.88. The summed E-state index contributed by atoms with van der Waals surface area (Å²) in [5, 5.41) is 8.34. The molecule has 3 N–H and O–H groups in total. The Balaban J connectivity index is 2.73. The fourth-order valence-corrected chi connectivity index (χ4v) is 0.588. The van der Waals surface area contributed by atoms with Crippen molar-refractivity contribution in [3.63, 3.8) is 0 Å². The first-order valence-electron chi connectivity index (χ1n) is 3.96. The third-order valence-corrected chi connectivity index (χ3v) is 1.10. The molecule has 0 aromatic rings. The van der Waals surface area contributed by atoms with Gasteiger partial charge in [-0.05, 0) is 0 Å². The molecule has 0 saturated heterocycles. The van der Waals surface area contributed by atoms with Gasteiger partial charge in [0.05, 0.1) is 46.4 Å². The molecule has 0 saturated carbocycles. The van der Waals surface area contributed by atoms with E-state index in [4.69, 9.17) is 25.1 Å². The van der Waals surface area contributed by atoms with Gasteiger partial charge in [-0.1, -0.05) is 0 Å². The molecule has 74 valence electrons. The zero-order valence-electron chi connectivity index (χ0n) is 7.20. The Kier molecular flexibility index (Phi) is 10.6. The quantitative estimate of drug-likeness (QED) is 0.349. The standard InChI is InChI=1S/C7H17NO4/c8-7-12-6-5-11-4-3-10-2-1-9/h9H,1-8H2. The topological polar surface area (TPSA) is 73.9 Å². The molecule has 0 amide bonds. The molecule has 0 rings (SSSR count). The van der Waals surface area contributed by atoms with Gasteiger partial charge in [0.15, 0.2) is 0 Å². The van der Waals surface area contributed by atoms with Crippen LogP contribution in [0.1, 0.15) is 0 Å². The van der Waals surface area contributed by atoms with Crippen LogP contribution in [0.25, 0.3) is 0 Å². The molecule has 5 nitrogen and oxygen atoms in total. The SMILES string of the molecule is NCOCCOCCOCCO. The van der Waals surface area contributed by atoms with Crippen molar-refractivity contribution in [2.75, 3.05) is 46.4 Å². The molecule has 0 aliphatic rings. The molecule has 0 aliphatic heterocycles. The van der Waals surface area contributed by atoms with Crippen LogP contribution in [0.4, 0.5) is 0 Å². The summed E-state index contributed by atoms with van der Waals surface area (Å²) < 4.78 is 14.9. The van der Waals surface area contributed by atoms with Crippen LogP contribution in [-0.4, -0.2) is 51.5 Å². The Morgan fingerprint density at radius 3 is 1.83 bits per heavy atom. The summed E-state index contributed by atoms with van der Waals surface area (Å²) in [5.74, 6) is 0. The monoisotopic (exact) mass is 179 g/mol. The van der Waals surface area contributed by atoms with Gasteiger partial charge in [0.2, 0.25) is 0 Å².